The lowest BCUT2D eigenvalue weighted by Gasteiger charge is -2.11. The van der Waals surface area contributed by atoms with Gasteiger partial charge in [-0.15, -0.1) is 12.4 Å². The maximum absolute atomic E-state index is 12.9. The maximum atomic E-state index is 12.9. The quantitative estimate of drug-likeness (QED) is 0.712. The molecule has 0 spiro atoms. The van der Waals surface area contributed by atoms with Gasteiger partial charge < -0.3 is 15.5 Å². The fourth-order valence-electron chi connectivity index (χ4n) is 3.16. The second kappa shape index (κ2) is 6.75. The van der Waals surface area contributed by atoms with E-state index in [-0.39, 0.29) is 27.8 Å². The normalized spacial score (nSPS) is 13.8. The zero-order valence-electron chi connectivity index (χ0n) is 13.7. The Hall–Kier alpha value is -2.35. The van der Waals surface area contributed by atoms with E-state index in [0.717, 1.165) is 17.9 Å². The number of carbonyl (C=O) groups excluding carboxylic acids is 1. The number of furan rings is 1. The van der Waals surface area contributed by atoms with E-state index >= 15 is 0 Å². The van der Waals surface area contributed by atoms with Crippen molar-refractivity contribution in [3.63, 3.8) is 0 Å². The van der Waals surface area contributed by atoms with Gasteiger partial charge in [-0.3, -0.25) is 4.79 Å². The molecule has 3 aromatic rings. The summed E-state index contributed by atoms with van der Waals surface area (Å²) in [4.78, 5) is 12.1. The minimum absolute atomic E-state index is 0. The molecule has 0 saturated carbocycles. The highest BCUT2D eigenvalue weighted by atomic mass is 35.5. The first-order chi connectivity index (χ1) is 12.0. The first-order valence-electron chi connectivity index (χ1n) is 7.87. The van der Waals surface area contributed by atoms with E-state index in [0.29, 0.717) is 23.9 Å². The van der Waals surface area contributed by atoms with E-state index in [1.165, 1.54) is 18.2 Å². The number of sulfone groups is 1. The first kappa shape index (κ1) is 18.4. The van der Waals surface area contributed by atoms with Crippen molar-refractivity contribution in [2.45, 2.75) is 22.8 Å². The molecule has 8 heteroatoms. The molecular weight excluding hydrogens is 376 g/mol. The van der Waals surface area contributed by atoms with Crippen LogP contribution >= 0.6 is 12.4 Å². The van der Waals surface area contributed by atoms with Gasteiger partial charge in [0.2, 0.25) is 9.84 Å². The highest BCUT2D eigenvalue weighted by Crippen LogP contribution is 2.34. The van der Waals surface area contributed by atoms with Crippen molar-refractivity contribution >= 4 is 39.1 Å². The Labute approximate surface area is 156 Å². The van der Waals surface area contributed by atoms with Crippen LogP contribution in [-0.4, -0.2) is 20.9 Å². The summed E-state index contributed by atoms with van der Waals surface area (Å²) in [7, 11) is -3.76. The van der Waals surface area contributed by atoms with Gasteiger partial charge in [-0.1, -0.05) is 18.2 Å². The van der Waals surface area contributed by atoms with Gasteiger partial charge in [0.1, 0.15) is 11.3 Å². The van der Waals surface area contributed by atoms with E-state index in [2.05, 4.69) is 5.32 Å². The smallest absolute Gasteiger partial charge is 0.252 e. The SMILES string of the molecule is Cl.NC(=O)c1cc(S(=O)(=O)c2ccccc2)cc2c3c(oc12)CCNC3. The van der Waals surface area contributed by atoms with E-state index in [4.69, 9.17) is 10.2 Å². The van der Waals surface area contributed by atoms with Crippen LogP contribution in [0.1, 0.15) is 21.7 Å². The molecule has 0 atom stereocenters. The van der Waals surface area contributed by atoms with Gasteiger partial charge in [0.15, 0.2) is 0 Å². The monoisotopic (exact) mass is 392 g/mol. The van der Waals surface area contributed by atoms with Crippen molar-refractivity contribution < 1.29 is 17.6 Å². The molecule has 26 heavy (non-hydrogen) atoms. The maximum Gasteiger partial charge on any atom is 0.252 e. The zero-order chi connectivity index (χ0) is 17.6. The second-order valence-electron chi connectivity index (χ2n) is 5.96. The molecule has 136 valence electrons. The second-order valence-corrected chi connectivity index (χ2v) is 7.91. The number of benzene rings is 2. The molecule has 4 rings (SSSR count). The van der Waals surface area contributed by atoms with Crippen molar-refractivity contribution in [2.24, 2.45) is 5.73 Å². The minimum Gasteiger partial charge on any atom is -0.460 e. The van der Waals surface area contributed by atoms with Gasteiger partial charge in [0.05, 0.1) is 15.4 Å². The molecule has 2 aromatic carbocycles. The Balaban J connectivity index is 0.00000196. The van der Waals surface area contributed by atoms with Crippen LogP contribution in [0.25, 0.3) is 11.0 Å². The number of hydrogen-bond acceptors (Lipinski definition) is 5. The molecule has 6 nitrogen and oxygen atoms in total. The number of amides is 1. The Kier molecular flexibility index (Phi) is 4.79. The number of nitrogens with two attached hydrogens (primary N) is 1. The summed E-state index contributed by atoms with van der Waals surface area (Å²) < 4.78 is 31.7. The Morgan fingerprint density at radius 3 is 2.54 bits per heavy atom. The van der Waals surface area contributed by atoms with Crippen LogP contribution in [0.15, 0.2) is 56.7 Å². The number of nitrogens with one attached hydrogen (secondary N) is 1. The van der Waals surface area contributed by atoms with Crippen LogP contribution in [0.3, 0.4) is 0 Å². The van der Waals surface area contributed by atoms with Crippen LogP contribution in [0.4, 0.5) is 0 Å². The third-order valence-corrected chi connectivity index (χ3v) is 6.16. The predicted molar refractivity (Wildman–Crippen MR) is 99.3 cm³/mol. The molecule has 0 bridgehead atoms. The molecule has 0 saturated heterocycles. The van der Waals surface area contributed by atoms with Crippen molar-refractivity contribution in [1.29, 1.82) is 0 Å². The van der Waals surface area contributed by atoms with Gasteiger partial charge >= 0.3 is 0 Å². The van der Waals surface area contributed by atoms with E-state index < -0.39 is 15.7 Å². The van der Waals surface area contributed by atoms with Crippen LogP contribution in [0.2, 0.25) is 0 Å². The van der Waals surface area contributed by atoms with Crippen molar-refractivity contribution in [1.82, 2.24) is 5.32 Å². The number of carbonyl (C=O) groups is 1. The van der Waals surface area contributed by atoms with Gasteiger partial charge in [0.25, 0.3) is 5.91 Å². The number of fused-ring (bicyclic) bond motifs is 3. The summed E-state index contributed by atoms with van der Waals surface area (Å²) >= 11 is 0. The summed E-state index contributed by atoms with van der Waals surface area (Å²) in [5.41, 5.74) is 6.80. The summed E-state index contributed by atoms with van der Waals surface area (Å²) in [6.07, 6.45) is 0.684. The highest BCUT2D eigenvalue weighted by Gasteiger charge is 2.26. The number of hydrogen-bond donors (Lipinski definition) is 2. The predicted octanol–water partition coefficient (Wildman–Crippen LogP) is 2.43. The van der Waals surface area contributed by atoms with Gasteiger partial charge in [-0.25, -0.2) is 8.42 Å². The summed E-state index contributed by atoms with van der Waals surface area (Å²) in [5.74, 6) is 0.0553. The number of halogens is 1. The molecule has 1 aliphatic rings. The van der Waals surface area contributed by atoms with Crippen LogP contribution in [0, 0.1) is 0 Å². The molecule has 0 unspecified atom stereocenters. The standard InChI is InChI=1S/C18H16N2O4S.ClH/c19-18(21)14-9-12(25(22,23)11-4-2-1-3-5-11)8-13-15-10-20-7-6-16(15)24-17(13)14;/h1-5,8-9,20H,6-7,10H2,(H2,19,21);1H. The lowest BCUT2D eigenvalue weighted by molar-refractivity contribution is 0.100. The van der Waals surface area contributed by atoms with Crippen molar-refractivity contribution in [3.8, 4) is 0 Å². The molecule has 0 aliphatic carbocycles. The molecule has 0 radical (unpaired) electrons. The van der Waals surface area contributed by atoms with Crippen molar-refractivity contribution in [3.05, 3.63) is 59.4 Å². The number of primary amides is 1. The number of rotatable bonds is 3. The van der Waals surface area contributed by atoms with E-state index in [1.807, 2.05) is 0 Å². The van der Waals surface area contributed by atoms with Crippen LogP contribution in [-0.2, 0) is 22.8 Å². The molecule has 1 aromatic heterocycles. The zero-order valence-corrected chi connectivity index (χ0v) is 15.3. The van der Waals surface area contributed by atoms with Crippen molar-refractivity contribution in [2.75, 3.05) is 6.54 Å². The molecule has 1 amide bonds. The topological polar surface area (TPSA) is 102 Å². The average Bonchev–Trinajstić information content (AvgIpc) is 3.00. The summed E-state index contributed by atoms with van der Waals surface area (Å²) in [6.45, 7) is 1.34. The summed E-state index contributed by atoms with van der Waals surface area (Å²) in [6, 6.07) is 11.0. The Bertz CT molecular complexity index is 1090. The Morgan fingerprint density at radius 2 is 1.85 bits per heavy atom. The molecule has 1 aliphatic heterocycles. The minimum atomic E-state index is -3.76. The largest absolute Gasteiger partial charge is 0.460 e. The van der Waals surface area contributed by atoms with E-state index in [9.17, 15) is 13.2 Å². The molecule has 2 heterocycles. The third-order valence-electron chi connectivity index (χ3n) is 4.41. The molecular formula is C18H17ClN2O4S. The Morgan fingerprint density at radius 1 is 1.12 bits per heavy atom. The fourth-order valence-corrected chi connectivity index (χ4v) is 4.49. The lowest BCUT2D eigenvalue weighted by Crippen LogP contribution is -2.22. The summed E-state index contributed by atoms with van der Waals surface area (Å²) in [5, 5.41) is 3.85. The van der Waals surface area contributed by atoms with E-state index in [1.54, 1.807) is 24.3 Å². The van der Waals surface area contributed by atoms with Crippen LogP contribution < -0.4 is 11.1 Å². The molecule has 3 N–H and O–H groups in total. The van der Waals surface area contributed by atoms with Gasteiger partial charge in [-0.05, 0) is 24.3 Å². The third kappa shape index (κ3) is 2.88. The van der Waals surface area contributed by atoms with Gasteiger partial charge in [-0.2, -0.15) is 0 Å². The van der Waals surface area contributed by atoms with Gasteiger partial charge in [0, 0.05) is 30.5 Å². The fraction of sp³-hybridized carbons (Fsp3) is 0.167. The lowest BCUT2D eigenvalue weighted by atomic mass is 10.0. The van der Waals surface area contributed by atoms with Crippen LogP contribution in [0.5, 0.6) is 0 Å². The molecule has 0 fully saturated rings. The average molecular weight is 393 g/mol. The highest BCUT2D eigenvalue weighted by molar-refractivity contribution is 7.91. The first-order valence-corrected chi connectivity index (χ1v) is 9.36.